The number of ether oxygens (including phenoxy) is 1. The van der Waals surface area contributed by atoms with Gasteiger partial charge in [0.2, 0.25) is 0 Å². The fourth-order valence-electron chi connectivity index (χ4n) is 3.59. The van der Waals surface area contributed by atoms with Crippen LogP contribution in [0.2, 0.25) is 0 Å². The van der Waals surface area contributed by atoms with Crippen molar-refractivity contribution in [2.24, 2.45) is 0 Å². The van der Waals surface area contributed by atoms with E-state index in [2.05, 4.69) is 52.2 Å². The van der Waals surface area contributed by atoms with Gasteiger partial charge in [-0.05, 0) is 57.6 Å². The summed E-state index contributed by atoms with van der Waals surface area (Å²) >= 11 is 0. The summed E-state index contributed by atoms with van der Waals surface area (Å²) in [7, 11) is 0. The number of nitrogens with zero attached hydrogens (tertiary/aromatic N) is 3. The van der Waals surface area contributed by atoms with E-state index in [1.165, 1.54) is 11.1 Å². The van der Waals surface area contributed by atoms with Gasteiger partial charge in [-0.1, -0.05) is 13.8 Å². The molecule has 0 radical (unpaired) electrons. The van der Waals surface area contributed by atoms with Crippen molar-refractivity contribution >= 4 is 10.9 Å². The molecule has 0 amide bonds. The fourth-order valence-corrected chi connectivity index (χ4v) is 3.59. The van der Waals surface area contributed by atoms with Crippen molar-refractivity contribution in [2.75, 3.05) is 39.3 Å². The van der Waals surface area contributed by atoms with Gasteiger partial charge >= 0.3 is 0 Å². The molecule has 0 saturated carbocycles. The van der Waals surface area contributed by atoms with E-state index in [9.17, 15) is 0 Å². The average Bonchev–Trinajstić information content (AvgIpc) is 2.68. The van der Waals surface area contributed by atoms with Gasteiger partial charge in [-0.2, -0.15) is 0 Å². The molecular formula is C20H30N4O. The lowest BCUT2D eigenvalue weighted by molar-refractivity contribution is 0.249. The Labute approximate surface area is 150 Å². The molecular weight excluding hydrogens is 312 g/mol. The molecule has 0 spiro atoms. The largest absolute Gasteiger partial charge is 0.493 e. The van der Waals surface area contributed by atoms with Gasteiger partial charge in [-0.25, -0.2) is 9.97 Å². The quantitative estimate of drug-likeness (QED) is 0.747. The Morgan fingerprint density at radius 1 is 1.16 bits per heavy atom. The Kier molecular flexibility index (Phi) is 6.59. The molecule has 1 saturated heterocycles. The van der Waals surface area contributed by atoms with Crippen LogP contribution in [0.1, 0.15) is 44.7 Å². The second kappa shape index (κ2) is 9.11. The first-order valence-electron chi connectivity index (χ1n) is 9.62. The number of nitrogens with one attached hydrogen (secondary N) is 1. The van der Waals surface area contributed by atoms with E-state index in [0.29, 0.717) is 5.92 Å². The zero-order valence-electron chi connectivity index (χ0n) is 15.5. The number of benzene rings is 1. The van der Waals surface area contributed by atoms with Crippen molar-refractivity contribution in [2.45, 2.75) is 39.0 Å². The van der Waals surface area contributed by atoms with Gasteiger partial charge in [-0.3, -0.25) is 0 Å². The van der Waals surface area contributed by atoms with E-state index in [0.717, 1.165) is 69.9 Å². The molecule has 0 aliphatic carbocycles. The normalized spacial score (nSPS) is 15.8. The highest BCUT2D eigenvalue weighted by Gasteiger charge is 2.19. The van der Waals surface area contributed by atoms with E-state index >= 15 is 0 Å². The first kappa shape index (κ1) is 18.1. The molecule has 0 bridgehead atoms. The molecule has 3 rings (SSSR count). The highest BCUT2D eigenvalue weighted by Crippen LogP contribution is 2.30. The van der Waals surface area contributed by atoms with E-state index in [4.69, 9.17) is 4.74 Å². The zero-order valence-corrected chi connectivity index (χ0v) is 15.5. The molecule has 1 aromatic carbocycles. The maximum Gasteiger partial charge on any atom is 0.121 e. The molecule has 1 N–H and O–H groups in total. The lowest BCUT2D eigenvalue weighted by Crippen LogP contribution is -2.27. The molecule has 2 heterocycles. The summed E-state index contributed by atoms with van der Waals surface area (Å²) in [6.07, 6.45) is 5.04. The van der Waals surface area contributed by atoms with Gasteiger partial charge in [0.15, 0.2) is 0 Å². The van der Waals surface area contributed by atoms with Crippen molar-refractivity contribution in [1.29, 1.82) is 0 Å². The molecule has 1 fully saturated rings. The summed E-state index contributed by atoms with van der Waals surface area (Å²) in [5.74, 6) is 1.44. The molecule has 0 unspecified atom stereocenters. The van der Waals surface area contributed by atoms with Gasteiger partial charge in [0.25, 0.3) is 0 Å². The maximum atomic E-state index is 5.94. The summed E-state index contributed by atoms with van der Waals surface area (Å²) in [6.45, 7) is 10.6. The molecule has 136 valence electrons. The first-order valence-corrected chi connectivity index (χ1v) is 9.62. The number of fused-ring (bicyclic) bond motifs is 1. The Morgan fingerprint density at radius 3 is 2.72 bits per heavy atom. The third-order valence-electron chi connectivity index (χ3n) is 5.15. The van der Waals surface area contributed by atoms with Crippen LogP contribution in [0.3, 0.4) is 0 Å². The van der Waals surface area contributed by atoms with E-state index in [-0.39, 0.29) is 0 Å². The number of hydrogen-bond acceptors (Lipinski definition) is 5. The Morgan fingerprint density at radius 2 is 1.96 bits per heavy atom. The minimum atomic E-state index is 0.535. The lowest BCUT2D eigenvalue weighted by atomic mass is 9.92. The van der Waals surface area contributed by atoms with Crippen molar-refractivity contribution < 1.29 is 4.74 Å². The van der Waals surface area contributed by atoms with Crippen molar-refractivity contribution in [3.8, 4) is 5.75 Å². The third kappa shape index (κ3) is 4.67. The molecule has 0 atom stereocenters. The Hall–Kier alpha value is -1.72. The zero-order chi connectivity index (χ0) is 17.5. The van der Waals surface area contributed by atoms with E-state index in [1.807, 2.05) is 0 Å². The van der Waals surface area contributed by atoms with Crippen LogP contribution < -0.4 is 10.1 Å². The van der Waals surface area contributed by atoms with Crippen LogP contribution in [-0.2, 0) is 0 Å². The van der Waals surface area contributed by atoms with Gasteiger partial charge in [0.1, 0.15) is 12.1 Å². The van der Waals surface area contributed by atoms with Gasteiger partial charge in [-0.15, -0.1) is 0 Å². The summed E-state index contributed by atoms with van der Waals surface area (Å²) in [5.41, 5.74) is 2.18. The summed E-state index contributed by atoms with van der Waals surface area (Å²) in [6, 6.07) is 6.25. The van der Waals surface area contributed by atoms with Crippen molar-refractivity contribution in [1.82, 2.24) is 20.2 Å². The third-order valence-corrected chi connectivity index (χ3v) is 5.15. The van der Waals surface area contributed by atoms with E-state index < -0.39 is 0 Å². The molecule has 25 heavy (non-hydrogen) atoms. The SMILES string of the molecule is CCN(CC)CCCOc1ccc2c(C3CCNCC3)ncnc2c1. The number of rotatable bonds is 8. The smallest absolute Gasteiger partial charge is 0.121 e. The first-order chi connectivity index (χ1) is 12.3. The van der Waals surface area contributed by atoms with Gasteiger partial charge in [0.05, 0.1) is 17.8 Å². The molecule has 1 aliphatic heterocycles. The monoisotopic (exact) mass is 342 g/mol. The summed E-state index contributed by atoms with van der Waals surface area (Å²) < 4.78 is 5.94. The summed E-state index contributed by atoms with van der Waals surface area (Å²) in [4.78, 5) is 11.5. The average molecular weight is 342 g/mol. The van der Waals surface area contributed by atoms with Crippen LogP contribution >= 0.6 is 0 Å². The second-order valence-corrected chi connectivity index (χ2v) is 6.69. The van der Waals surface area contributed by atoms with Crippen LogP contribution in [0.15, 0.2) is 24.5 Å². The minimum absolute atomic E-state index is 0.535. The number of piperidine rings is 1. The maximum absolute atomic E-state index is 5.94. The predicted octanol–water partition coefficient (Wildman–Crippen LogP) is 3.21. The molecule has 1 aromatic heterocycles. The predicted molar refractivity (Wildman–Crippen MR) is 102 cm³/mol. The van der Waals surface area contributed by atoms with E-state index in [1.54, 1.807) is 6.33 Å². The van der Waals surface area contributed by atoms with Crippen molar-refractivity contribution in [3.63, 3.8) is 0 Å². The number of hydrogen-bond donors (Lipinski definition) is 1. The highest BCUT2D eigenvalue weighted by molar-refractivity contribution is 5.82. The molecule has 5 nitrogen and oxygen atoms in total. The minimum Gasteiger partial charge on any atom is -0.493 e. The topological polar surface area (TPSA) is 50.3 Å². The molecule has 5 heteroatoms. The molecule has 1 aliphatic rings. The van der Waals surface area contributed by atoms with Crippen LogP contribution in [0.25, 0.3) is 10.9 Å². The van der Waals surface area contributed by atoms with Crippen molar-refractivity contribution in [3.05, 3.63) is 30.2 Å². The standard InChI is InChI=1S/C20H30N4O/c1-3-24(4-2)12-5-13-25-17-6-7-18-19(14-17)22-15-23-20(18)16-8-10-21-11-9-16/h6-7,14-16,21H,3-5,8-13H2,1-2H3. The molecule has 2 aromatic rings. The van der Waals surface area contributed by atoms with Gasteiger partial charge in [0, 0.05) is 23.9 Å². The van der Waals surface area contributed by atoms with Crippen LogP contribution in [0, 0.1) is 0 Å². The number of aromatic nitrogens is 2. The lowest BCUT2D eigenvalue weighted by Gasteiger charge is -2.23. The Bertz CT molecular complexity index is 666. The van der Waals surface area contributed by atoms with Gasteiger partial charge < -0.3 is 15.0 Å². The van der Waals surface area contributed by atoms with Crippen LogP contribution in [0.5, 0.6) is 5.75 Å². The second-order valence-electron chi connectivity index (χ2n) is 6.69. The Balaban J connectivity index is 1.64. The van der Waals surface area contributed by atoms with Crippen LogP contribution in [-0.4, -0.2) is 54.2 Å². The highest BCUT2D eigenvalue weighted by atomic mass is 16.5. The summed E-state index contributed by atoms with van der Waals surface area (Å²) in [5, 5.41) is 4.59. The van der Waals surface area contributed by atoms with Crippen LogP contribution in [0.4, 0.5) is 0 Å². The fraction of sp³-hybridized carbons (Fsp3) is 0.600.